The number of aryl methyl sites for hydroxylation is 1. The fourth-order valence-corrected chi connectivity index (χ4v) is 4.73. The van der Waals surface area contributed by atoms with E-state index in [2.05, 4.69) is 58.8 Å². The maximum Gasteiger partial charge on any atom is 0.161 e. The normalized spacial score (nSPS) is 15.5. The molecular formula is C28H30N2O2. The average Bonchev–Trinajstić information content (AvgIpc) is 3.23. The van der Waals surface area contributed by atoms with Gasteiger partial charge in [-0.25, -0.2) is 0 Å². The summed E-state index contributed by atoms with van der Waals surface area (Å²) in [5, 5.41) is 5.16. The van der Waals surface area contributed by atoms with Crippen molar-refractivity contribution in [2.45, 2.75) is 38.3 Å². The number of aromatic nitrogens is 1. The fraction of sp³-hybridized carbons (Fsp3) is 0.286. The third kappa shape index (κ3) is 4.37. The quantitative estimate of drug-likeness (QED) is 0.365. The first-order valence-electron chi connectivity index (χ1n) is 11.5. The highest BCUT2D eigenvalue weighted by molar-refractivity contribution is 5.85. The summed E-state index contributed by atoms with van der Waals surface area (Å²) in [6.45, 7) is 1.46. The van der Waals surface area contributed by atoms with Crippen molar-refractivity contribution in [2.24, 2.45) is 0 Å². The molecule has 1 unspecified atom stereocenters. The number of aromatic amines is 1. The van der Waals surface area contributed by atoms with Crippen LogP contribution in [-0.4, -0.2) is 18.6 Å². The number of hydrogen-bond acceptors (Lipinski definition) is 3. The van der Waals surface area contributed by atoms with Gasteiger partial charge in [0.05, 0.1) is 7.11 Å². The van der Waals surface area contributed by atoms with Crippen LogP contribution in [0.1, 0.15) is 41.3 Å². The van der Waals surface area contributed by atoms with Crippen LogP contribution >= 0.6 is 0 Å². The number of methoxy groups -OCH3 is 1. The largest absolute Gasteiger partial charge is 0.493 e. The highest BCUT2D eigenvalue weighted by atomic mass is 16.5. The summed E-state index contributed by atoms with van der Waals surface area (Å²) in [6, 6.07) is 25.5. The lowest BCUT2D eigenvalue weighted by atomic mass is 9.91. The molecule has 1 aliphatic carbocycles. The lowest BCUT2D eigenvalue weighted by Gasteiger charge is -2.24. The van der Waals surface area contributed by atoms with E-state index in [-0.39, 0.29) is 0 Å². The van der Waals surface area contributed by atoms with E-state index in [0.717, 1.165) is 30.0 Å². The number of rotatable bonds is 8. The summed E-state index contributed by atoms with van der Waals surface area (Å²) in [5.74, 6) is 1.57. The summed E-state index contributed by atoms with van der Waals surface area (Å²) >= 11 is 0. The molecule has 1 atom stereocenters. The molecule has 0 bridgehead atoms. The minimum Gasteiger partial charge on any atom is -0.493 e. The second-order valence-electron chi connectivity index (χ2n) is 8.47. The van der Waals surface area contributed by atoms with E-state index >= 15 is 0 Å². The molecule has 32 heavy (non-hydrogen) atoms. The molecule has 0 fully saturated rings. The van der Waals surface area contributed by atoms with Crippen molar-refractivity contribution in [3.8, 4) is 11.5 Å². The first kappa shape index (κ1) is 20.7. The Bertz CT molecular complexity index is 1180. The highest BCUT2D eigenvalue weighted by Crippen LogP contribution is 2.34. The van der Waals surface area contributed by atoms with Gasteiger partial charge in [0.25, 0.3) is 0 Å². The minimum atomic E-state index is 0.390. The number of ether oxygens (including phenoxy) is 2. The zero-order valence-electron chi connectivity index (χ0n) is 18.6. The van der Waals surface area contributed by atoms with Gasteiger partial charge >= 0.3 is 0 Å². The van der Waals surface area contributed by atoms with Gasteiger partial charge in [0.2, 0.25) is 0 Å². The zero-order chi connectivity index (χ0) is 21.8. The predicted molar refractivity (Wildman–Crippen MR) is 129 cm³/mol. The van der Waals surface area contributed by atoms with Gasteiger partial charge in [-0.2, -0.15) is 0 Å². The predicted octanol–water partition coefficient (Wildman–Crippen LogP) is 5.97. The number of hydrogen-bond donors (Lipinski definition) is 2. The number of H-pyrrole nitrogens is 1. The van der Waals surface area contributed by atoms with Gasteiger partial charge in [-0.05, 0) is 67.1 Å². The first-order chi connectivity index (χ1) is 15.8. The van der Waals surface area contributed by atoms with Gasteiger partial charge < -0.3 is 19.8 Å². The number of para-hydroxylation sites is 1. The summed E-state index contributed by atoms with van der Waals surface area (Å²) < 4.78 is 11.6. The molecule has 4 heteroatoms. The highest BCUT2D eigenvalue weighted by Gasteiger charge is 2.23. The SMILES string of the molecule is COc1cc(CCNC2CCCc3c2[nH]c2ccccc32)ccc1OCc1ccccc1. The molecule has 0 radical (unpaired) electrons. The molecule has 1 aliphatic rings. The third-order valence-electron chi connectivity index (χ3n) is 6.38. The van der Waals surface area contributed by atoms with Crippen molar-refractivity contribution < 1.29 is 9.47 Å². The third-order valence-corrected chi connectivity index (χ3v) is 6.38. The molecule has 1 aromatic heterocycles. The van der Waals surface area contributed by atoms with Gasteiger partial charge in [0.15, 0.2) is 11.5 Å². The first-order valence-corrected chi connectivity index (χ1v) is 11.5. The van der Waals surface area contributed by atoms with Crippen LogP contribution in [0.3, 0.4) is 0 Å². The molecule has 1 heterocycles. The molecule has 3 aromatic carbocycles. The molecule has 5 rings (SSSR count). The Hall–Kier alpha value is -3.24. The lowest BCUT2D eigenvalue weighted by Crippen LogP contribution is -2.27. The van der Waals surface area contributed by atoms with Crippen LogP contribution in [0.2, 0.25) is 0 Å². The van der Waals surface area contributed by atoms with E-state index in [1.165, 1.54) is 47.0 Å². The Balaban J connectivity index is 1.21. The van der Waals surface area contributed by atoms with Crippen molar-refractivity contribution in [2.75, 3.05) is 13.7 Å². The summed E-state index contributed by atoms with van der Waals surface area (Å²) in [5.41, 5.74) is 6.51. The van der Waals surface area contributed by atoms with E-state index in [0.29, 0.717) is 12.6 Å². The Morgan fingerprint density at radius 1 is 0.938 bits per heavy atom. The molecular weight excluding hydrogens is 396 g/mol. The van der Waals surface area contributed by atoms with E-state index in [4.69, 9.17) is 9.47 Å². The minimum absolute atomic E-state index is 0.390. The van der Waals surface area contributed by atoms with Crippen LogP contribution in [0, 0.1) is 0 Å². The Kier molecular flexibility index (Phi) is 6.13. The van der Waals surface area contributed by atoms with Crippen LogP contribution in [0.15, 0.2) is 72.8 Å². The van der Waals surface area contributed by atoms with E-state index < -0.39 is 0 Å². The summed E-state index contributed by atoms with van der Waals surface area (Å²) in [4.78, 5) is 3.67. The van der Waals surface area contributed by atoms with E-state index in [9.17, 15) is 0 Å². The van der Waals surface area contributed by atoms with Crippen LogP contribution in [-0.2, 0) is 19.4 Å². The van der Waals surface area contributed by atoms with E-state index in [1.54, 1.807) is 7.11 Å². The summed E-state index contributed by atoms with van der Waals surface area (Å²) in [7, 11) is 1.70. The van der Waals surface area contributed by atoms with Gasteiger partial charge in [0.1, 0.15) is 6.61 Å². The number of nitrogens with one attached hydrogen (secondary N) is 2. The van der Waals surface area contributed by atoms with Crippen molar-refractivity contribution in [3.63, 3.8) is 0 Å². The van der Waals surface area contributed by atoms with Crippen molar-refractivity contribution in [1.82, 2.24) is 10.3 Å². The Morgan fingerprint density at radius 3 is 2.66 bits per heavy atom. The van der Waals surface area contributed by atoms with Crippen molar-refractivity contribution >= 4 is 10.9 Å². The van der Waals surface area contributed by atoms with Gasteiger partial charge in [0, 0.05) is 22.6 Å². The smallest absolute Gasteiger partial charge is 0.161 e. The van der Waals surface area contributed by atoms with Gasteiger partial charge in [-0.1, -0.05) is 54.6 Å². The number of benzene rings is 3. The van der Waals surface area contributed by atoms with Crippen molar-refractivity contribution in [1.29, 1.82) is 0 Å². The maximum absolute atomic E-state index is 5.99. The molecule has 0 saturated heterocycles. The molecule has 4 nitrogen and oxygen atoms in total. The molecule has 0 spiro atoms. The standard InChI is InChI=1S/C28H30N2O2/c1-31-27-18-20(14-15-26(27)32-19-21-8-3-2-4-9-21)16-17-29-25-13-7-11-23-22-10-5-6-12-24(22)30-28(23)25/h2-6,8-10,12,14-15,18,25,29-30H,7,11,13,16-17,19H2,1H3. The van der Waals surface area contributed by atoms with Crippen LogP contribution in [0.4, 0.5) is 0 Å². The average molecular weight is 427 g/mol. The topological polar surface area (TPSA) is 46.3 Å². The van der Waals surface area contributed by atoms with Crippen molar-refractivity contribution in [3.05, 3.63) is 95.2 Å². The van der Waals surface area contributed by atoms with E-state index in [1.807, 2.05) is 24.3 Å². The molecule has 0 amide bonds. The fourth-order valence-electron chi connectivity index (χ4n) is 4.73. The zero-order valence-corrected chi connectivity index (χ0v) is 18.6. The van der Waals surface area contributed by atoms with Gasteiger partial charge in [-0.15, -0.1) is 0 Å². The monoisotopic (exact) mass is 426 g/mol. The number of fused-ring (bicyclic) bond motifs is 3. The summed E-state index contributed by atoms with van der Waals surface area (Å²) in [6.07, 6.45) is 4.52. The Labute approximate surface area is 189 Å². The molecule has 0 saturated carbocycles. The molecule has 2 N–H and O–H groups in total. The lowest BCUT2D eigenvalue weighted by molar-refractivity contribution is 0.284. The maximum atomic E-state index is 5.99. The molecule has 164 valence electrons. The molecule has 4 aromatic rings. The van der Waals surface area contributed by atoms with Crippen LogP contribution < -0.4 is 14.8 Å². The molecule has 0 aliphatic heterocycles. The van der Waals surface area contributed by atoms with Crippen LogP contribution in [0.5, 0.6) is 11.5 Å². The van der Waals surface area contributed by atoms with Crippen LogP contribution in [0.25, 0.3) is 10.9 Å². The second kappa shape index (κ2) is 9.49. The Morgan fingerprint density at radius 2 is 1.78 bits per heavy atom. The van der Waals surface area contributed by atoms with Gasteiger partial charge in [-0.3, -0.25) is 0 Å². The second-order valence-corrected chi connectivity index (χ2v) is 8.47.